The van der Waals surface area contributed by atoms with E-state index in [1.54, 1.807) is 0 Å². The first-order chi connectivity index (χ1) is 15.2. The summed E-state index contributed by atoms with van der Waals surface area (Å²) in [6.45, 7) is 4.68. The number of benzene rings is 3. The van der Waals surface area contributed by atoms with Gasteiger partial charge < -0.3 is 4.57 Å². The molecule has 0 saturated carbocycles. The molecule has 2 nitrogen and oxygen atoms in total. The molecule has 31 heavy (non-hydrogen) atoms. The molecule has 160 valence electrons. The van der Waals surface area contributed by atoms with Gasteiger partial charge in [-0.2, -0.15) is 0 Å². The highest BCUT2D eigenvalue weighted by Gasteiger charge is 2.15. The van der Waals surface area contributed by atoms with Crippen LogP contribution in [-0.2, 0) is 6.42 Å². The van der Waals surface area contributed by atoms with Gasteiger partial charge in [0, 0.05) is 22.0 Å². The normalized spacial score (nSPS) is 12.5. The number of hydrogen-bond acceptors (Lipinski definition) is 1. The van der Waals surface area contributed by atoms with E-state index in [1.807, 2.05) is 12.1 Å². The van der Waals surface area contributed by atoms with Gasteiger partial charge in [-0.15, -0.1) is 0 Å². The Morgan fingerprint density at radius 3 is 2.42 bits per heavy atom. The minimum atomic E-state index is 0.723. The quantitative estimate of drug-likeness (QED) is 0.191. The van der Waals surface area contributed by atoms with E-state index in [-0.39, 0.29) is 0 Å². The van der Waals surface area contributed by atoms with Crippen LogP contribution in [0.15, 0.2) is 66.7 Å². The summed E-state index contributed by atoms with van der Waals surface area (Å²) in [5.41, 5.74) is 5.73. The van der Waals surface area contributed by atoms with Crippen LogP contribution >= 0.6 is 0 Å². The lowest BCUT2D eigenvalue weighted by Crippen LogP contribution is -2.01. The highest BCUT2D eigenvalue weighted by atomic mass is 16.1. The SMILES string of the molecule is CCCCCC(C)CCCc1ccccc1-n1c2ccccc2c2cc(C=O)ccc21. The molecule has 0 radical (unpaired) electrons. The van der Waals surface area contributed by atoms with Crippen molar-refractivity contribution in [3.8, 4) is 5.69 Å². The maximum atomic E-state index is 11.4. The summed E-state index contributed by atoms with van der Waals surface area (Å²) in [6.07, 6.45) is 9.89. The van der Waals surface area contributed by atoms with E-state index in [9.17, 15) is 4.79 Å². The third kappa shape index (κ3) is 4.58. The average Bonchev–Trinajstić information content (AvgIpc) is 3.13. The van der Waals surface area contributed by atoms with Gasteiger partial charge in [0.2, 0.25) is 0 Å². The second-order valence-corrected chi connectivity index (χ2v) is 8.87. The molecule has 3 aromatic carbocycles. The number of para-hydroxylation sites is 2. The molecule has 4 aromatic rings. The molecular formula is C29H33NO. The van der Waals surface area contributed by atoms with Gasteiger partial charge in [0.05, 0.1) is 11.0 Å². The van der Waals surface area contributed by atoms with Gasteiger partial charge in [0.1, 0.15) is 6.29 Å². The standard InChI is InChI=1S/C29H33NO/c1-3-4-5-11-22(2)12-10-14-24-13-6-8-16-27(24)30-28-17-9-7-15-25(28)26-20-23(21-31)18-19-29(26)30/h6-9,13,15-22H,3-5,10-12,14H2,1-2H3. The molecule has 4 rings (SSSR count). The molecule has 1 atom stereocenters. The lowest BCUT2D eigenvalue weighted by molar-refractivity contribution is 0.112. The fourth-order valence-corrected chi connectivity index (χ4v) is 4.79. The molecule has 1 aromatic heterocycles. The van der Waals surface area contributed by atoms with Crippen molar-refractivity contribution in [2.45, 2.75) is 58.8 Å². The van der Waals surface area contributed by atoms with Gasteiger partial charge in [0.25, 0.3) is 0 Å². The molecule has 0 N–H and O–H groups in total. The van der Waals surface area contributed by atoms with Crippen LogP contribution in [0.25, 0.3) is 27.5 Å². The zero-order chi connectivity index (χ0) is 21.6. The topological polar surface area (TPSA) is 22.0 Å². The third-order valence-electron chi connectivity index (χ3n) is 6.51. The number of carbonyl (C=O) groups excluding carboxylic acids is 1. The predicted molar refractivity (Wildman–Crippen MR) is 132 cm³/mol. The van der Waals surface area contributed by atoms with Gasteiger partial charge in [0.15, 0.2) is 0 Å². The Labute approximate surface area is 185 Å². The maximum Gasteiger partial charge on any atom is 0.150 e. The molecule has 1 heterocycles. The Morgan fingerprint density at radius 2 is 1.58 bits per heavy atom. The van der Waals surface area contributed by atoms with Crippen LogP contribution in [-0.4, -0.2) is 10.9 Å². The molecule has 0 saturated heterocycles. The Morgan fingerprint density at radius 1 is 0.839 bits per heavy atom. The van der Waals surface area contributed by atoms with Crippen molar-refractivity contribution in [2.75, 3.05) is 0 Å². The molecule has 0 bridgehead atoms. The van der Waals surface area contributed by atoms with E-state index in [0.29, 0.717) is 0 Å². The number of aromatic nitrogens is 1. The van der Waals surface area contributed by atoms with Gasteiger partial charge in [-0.3, -0.25) is 4.79 Å². The van der Waals surface area contributed by atoms with E-state index in [1.165, 1.54) is 60.7 Å². The third-order valence-corrected chi connectivity index (χ3v) is 6.51. The van der Waals surface area contributed by atoms with Crippen LogP contribution in [0.5, 0.6) is 0 Å². The van der Waals surface area contributed by atoms with Crippen LogP contribution in [0.1, 0.15) is 68.3 Å². The highest BCUT2D eigenvalue weighted by Crippen LogP contribution is 2.34. The van der Waals surface area contributed by atoms with Crippen molar-refractivity contribution in [2.24, 2.45) is 5.92 Å². The van der Waals surface area contributed by atoms with Crippen molar-refractivity contribution < 1.29 is 4.79 Å². The number of nitrogens with zero attached hydrogens (tertiary/aromatic N) is 1. The number of rotatable bonds is 10. The lowest BCUT2D eigenvalue weighted by atomic mass is 9.95. The summed E-state index contributed by atoms with van der Waals surface area (Å²) >= 11 is 0. The van der Waals surface area contributed by atoms with E-state index in [0.717, 1.165) is 35.1 Å². The minimum Gasteiger partial charge on any atom is -0.309 e. The zero-order valence-electron chi connectivity index (χ0n) is 18.8. The van der Waals surface area contributed by atoms with Crippen molar-refractivity contribution in [1.82, 2.24) is 4.57 Å². The van der Waals surface area contributed by atoms with Crippen molar-refractivity contribution in [3.05, 3.63) is 77.9 Å². The summed E-state index contributed by atoms with van der Waals surface area (Å²) in [5, 5.41) is 2.33. The number of aldehydes is 1. The largest absolute Gasteiger partial charge is 0.309 e. The smallest absolute Gasteiger partial charge is 0.150 e. The number of fused-ring (bicyclic) bond motifs is 3. The average molecular weight is 412 g/mol. The van der Waals surface area contributed by atoms with E-state index < -0.39 is 0 Å². The van der Waals surface area contributed by atoms with Crippen LogP contribution in [0, 0.1) is 5.92 Å². The molecule has 2 heteroatoms. The van der Waals surface area contributed by atoms with Crippen LogP contribution in [0.4, 0.5) is 0 Å². The summed E-state index contributed by atoms with van der Waals surface area (Å²) in [7, 11) is 0. The van der Waals surface area contributed by atoms with Crippen LogP contribution in [0.3, 0.4) is 0 Å². The summed E-state index contributed by atoms with van der Waals surface area (Å²) < 4.78 is 2.37. The second-order valence-electron chi connectivity index (χ2n) is 8.87. The van der Waals surface area contributed by atoms with E-state index in [2.05, 4.69) is 73.0 Å². The Hall–Kier alpha value is -2.87. The Balaban J connectivity index is 1.67. The number of unbranched alkanes of at least 4 members (excludes halogenated alkanes) is 2. The monoisotopic (exact) mass is 411 g/mol. The molecule has 0 aliphatic carbocycles. The van der Waals surface area contributed by atoms with Gasteiger partial charge >= 0.3 is 0 Å². The molecule has 0 amide bonds. The van der Waals surface area contributed by atoms with E-state index >= 15 is 0 Å². The highest BCUT2D eigenvalue weighted by molar-refractivity contribution is 6.10. The van der Waals surface area contributed by atoms with E-state index in [4.69, 9.17) is 0 Å². The number of hydrogen-bond donors (Lipinski definition) is 0. The predicted octanol–water partition coefficient (Wildman–Crippen LogP) is 8.14. The summed E-state index contributed by atoms with van der Waals surface area (Å²) in [4.78, 5) is 11.4. The van der Waals surface area contributed by atoms with Gasteiger partial charge in [-0.25, -0.2) is 0 Å². The lowest BCUT2D eigenvalue weighted by Gasteiger charge is -2.15. The van der Waals surface area contributed by atoms with Crippen molar-refractivity contribution >= 4 is 28.1 Å². The van der Waals surface area contributed by atoms with Crippen LogP contribution < -0.4 is 0 Å². The molecule has 0 spiro atoms. The fourth-order valence-electron chi connectivity index (χ4n) is 4.79. The molecule has 1 unspecified atom stereocenters. The van der Waals surface area contributed by atoms with Crippen molar-refractivity contribution in [3.63, 3.8) is 0 Å². The molecular weight excluding hydrogens is 378 g/mol. The Kier molecular flexibility index (Phi) is 6.86. The minimum absolute atomic E-state index is 0.723. The van der Waals surface area contributed by atoms with Crippen LogP contribution in [0.2, 0.25) is 0 Å². The zero-order valence-corrected chi connectivity index (χ0v) is 18.8. The Bertz CT molecular complexity index is 1170. The first kappa shape index (κ1) is 21.4. The van der Waals surface area contributed by atoms with Crippen molar-refractivity contribution in [1.29, 1.82) is 0 Å². The molecule has 0 aliphatic rings. The number of carbonyl (C=O) groups is 1. The molecule has 0 fully saturated rings. The van der Waals surface area contributed by atoms with Gasteiger partial charge in [-0.05, 0) is 54.7 Å². The maximum absolute atomic E-state index is 11.4. The first-order valence-electron chi connectivity index (χ1n) is 11.8. The molecule has 0 aliphatic heterocycles. The summed E-state index contributed by atoms with van der Waals surface area (Å²) in [5.74, 6) is 0.800. The van der Waals surface area contributed by atoms with Gasteiger partial charge in [-0.1, -0.05) is 82.3 Å². The first-order valence-corrected chi connectivity index (χ1v) is 11.8. The fraction of sp³-hybridized carbons (Fsp3) is 0.345. The summed E-state index contributed by atoms with van der Waals surface area (Å²) in [6, 6.07) is 23.3. The number of aryl methyl sites for hydroxylation is 1. The second kappa shape index (κ2) is 9.96.